The number of hydrogen-bond acceptors (Lipinski definition) is 4. The minimum absolute atomic E-state index is 0. The molecule has 0 aromatic heterocycles. The van der Waals surface area contributed by atoms with Crippen LogP contribution in [0.4, 0.5) is 0 Å². The Bertz CT molecular complexity index is 919. The summed E-state index contributed by atoms with van der Waals surface area (Å²) in [4.78, 5) is 0. The molecule has 166 valence electrons. The Kier molecular flexibility index (Phi) is 8.15. The Balaban J connectivity index is 0.00000341. The van der Waals surface area contributed by atoms with Crippen molar-refractivity contribution in [2.24, 2.45) is 0 Å². The molecular formula is C27H34O4. The van der Waals surface area contributed by atoms with Gasteiger partial charge in [0.15, 0.2) is 0 Å². The van der Waals surface area contributed by atoms with Crippen molar-refractivity contribution in [1.82, 2.24) is 0 Å². The quantitative estimate of drug-likeness (QED) is 0.429. The second-order valence-electron chi connectivity index (χ2n) is 8.21. The van der Waals surface area contributed by atoms with Crippen LogP contribution in [-0.4, -0.2) is 20.4 Å². The lowest BCUT2D eigenvalue weighted by Crippen LogP contribution is -2.27. The van der Waals surface area contributed by atoms with Gasteiger partial charge in [0.25, 0.3) is 0 Å². The summed E-state index contributed by atoms with van der Waals surface area (Å²) in [6, 6.07) is 17.8. The van der Waals surface area contributed by atoms with Gasteiger partial charge in [-0.2, -0.15) is 0 Å². The van der Waals surface area contributed by atoms with Crippen molar-refractivity contribution in [3.63, 3.8) is 0 Å². The second kappa shape index (κ2) is 10.2. The highest BCUT2D eigenvalue weighted by Crippen LogP contribution is 2.41. The van der Waals surface area contributed by atoms with Crippen LogP contribution in [-0.2, 0) is 31.8 Å². The summed E-state index contributed by atoms with van der Waals surface area (Å²) in [5, 5.41) is 39.2. The standard InChI is InChI=1S/C26H30O4.CH4/c1-17-4-18(2)6-23(5-17)26(3,24-9-19(13-27)7-20(10-24)14-28)25-11-21(15-29)8-22(12-25)16-30;/h4-12,27-30H,13-16H2,1-3H3;1H4. The van der Waals surface area contributed by atoms with Gasteiger partial charge in [0.05, 0.1) is 26.4 Å². The predicted molar refractivity (Wildman–Crippen MR) is 125 cm³/mol. The SMILES string of the molecule is C.Cc1cc(C)cc(C(C)(c2cc(CO)cc(CO)c2)c2cc(CO)cc(CO)c2)c1. The summed E-state index contributed by atoms with van der Waals surface area (Å²) in [6.45, 7) is 5.73. The van der Waals surface area contributed by atoms with E-state index in [1.165, 1.54) is 0 Å². The lowest BCUT2D eigenvalue weighted by atomic mass is 9.69. The van der Waals surface area contributed by atoms with Crippen LogP contribution in [0.5, 0.6) is 0 Å². The van der Waals surface area contributed by atoms with Gasteiger partial charge in [-0.15, -0.1) is 0 Å². The van der Waals surface area contributed by atoms with Gasteiger partial charge in [0.2, 0.25) is 0 Å². The van der Waals surface area contributed by atoms with Gasteiger partial charge < -0.3 is 20.4 Å². The Morgan fingerprint density at radius 3 is 1.10 bits per heavy atom. The lowest BCUT2D eigenvalue weighted by molar-refractivity contribution is 0.275. The van der Waals surface area contributed by atoms with Crippen molar-refractivity contribution in [1.29, 1.82) is 0 Å². The molecule has 0 fully saturated rings. The normalized spacial score (nSPS) is 11.3. The first-order valence-corrected chi connectivity index (χ1v) is 10.1. The van der Waals surface area contributed by atoms with Gasteiger partial charge >= 0.3 is 0 Å². The van der Waals surface area contributed by atoms with Crippen molar-refractivity contribution in [3.8, 4) is 0 Å². The van der Waals surface area contributed by atoms with Crippen LogP contribution >= 0.6 is 0 Å². The van der Waals surface area contributed by atoms with E-state index in [1.807, 2.05) is 24.3 Å². The third-order valence-corrected chi connectivity index (χ3v) is 5.79. The van der Waals surface area contributed by atoms with Gasteiger partial charge in [-0.3, -0.25) is 0 Å². The molecule has 0 heterocycles. The van der Waals surface area contributed by atoms with Gasteiger partial charge in [-0.05, 0) is 59.7 Å². The van der Waals surface area contributed by atoms with E-state index in [4.69, 9.17) is 0 Å². The maximum atomic E-state index is 9.79. The highest BCUT2D eigenvalue weighted by Gasteiger charge is 2.33. The summed E-state index contributed by atoms with van der Waals surface area (Å²) < 4.78 is 0. The van der Waals surface area contributed by atoms with E-state index in [-0.39, 0.29) is 33.9 Å². The Morgan fingerprint density at radius 1 is 0.516 bits per heavy atom. The van der Waals surface area contributed by atoms with Crippen molar-refractivity contribution in [2.75, 3.05) is 0 Å². The summed E-state index contributed by atoms with van der Waals surface area (Å²) in [5.74, 6) is 0. The van der Waals surface area contributed by atoms with E-state index in [0.29, 0.717) is 0 Å². The molecule has 0 spiro atoms. The number of aryl methyl sites for hydroxylation is 2. The second-order valence-corrected chi connectivity index (χ2v) is 8.21. The Labute approximate surface area is 185 Å². The summed E-state index contributed by atoms with van der Waals surface area (Å²) in [5.41, 5.74) is 7.50. The number of hydrogen-bond donors (Lipinski definition) is 4. The van der Waals surface area contributed by atoms with Crippen molar-refractivity contribution < 1.29 is 20.4 Å². The van der Waals surface area contributed by atoms with Gasteiger partial charge in [-0.25, -0.2) is 0 Å². The minimum atomic E-state index is -0.624. The smallest absolute Gasteiger partial charge is 0.0682 e. The van der Waals surface area contributed by atoms with E-state index in [9.17, 15) is 20.4 Å². The number of rotatable bonds is 7. The van der Waals surface area contributed by atoms with Gasteiger partial charge in [0.1, 0.15) is 0 Å². The highest BCUT2D eigenvalue weighted by molar-refractivity contribution is 5.54. The van der Waals surface area contributed by atoms with Crippen LogP contribution in [0.3, 0.4) is 0 Å². The first-order valence-electron chi connectivity index (χ1n) is 10.1. The van der Waals surface area contributed by atoms with Crippen molar-refractivity contribution in [2.45, 2.75) is 60.0 Å². The average molecular weight is 423 g/mol. The molecular weight excluding hydrogens is 388 g/mol. The van der Waals surface area contributed by atoms with Crippen LogP contribution in [0, 0.1) is 13.8 Å². The fourth-order valence-corrected chi connectivity index (χ4v) is 4.23. The summed E-state index contributed by atoms with van der Waals surface area (Å²) in [7, 11) is 0. The van der Waals surface area contributed by atoms with E-state index in [1.54, 1.807) is 12.1 Å². The third-order valence-electron chi connectivity index (χ3n) is 5.79. The van der Waals surface area contributed by atoms with Crippen LogP contribution in [0.1, 0.15) is 64.4 Å². The first kappa shape index (κ1) is 24.8. The lowest BCUT2D eigenvalue weighted by Gasteiger charge is -2.34. The molecule has 0 radical (unpaired) electrons. The first-order chi connectivity index (χ1) is 14.3. The Hall–Kier alpha value is -2.50. The van der Waals surface area contributed by atoms with Crippen LogP contribution in [0.2, 0.25) is 0 Å². The summed E-state index contributed by atoms with van der Waals surface area (Å²) in [6.07, 6.45) is 0. The summed E-state index contributed by atoms with van der Waals surface area (Å²) >= 11 is 0. The maximum absolute atomic E-state index is 9.79. The third kappa shape index (κ3) is 5.05. The molecule has 3 rings (SSSR count). The molecule has 0 unspecified atom stereocenters. The molecule has 0 aliphatic rings. The highest BCUT2D eigenvalue weighted by atomic mass is 16.3. The molecule has 0 atom stereocenters. The van der Waals surface area contributed by atoms with Crippen molar-refractivity contribution >= 4 is 0 Å². The maximum Gasteiger partial charge on any atom is 0.0682 e. The number of benzene rings is 3. The van der Waals surface area contributed by atoms with Gasteiger partial charge in [0, 0.05) is 5.41 Å². The largest absolute Gasteiger partial charge is 0.392 e. The fraction of sp³-hybridized carbons (Fsp3) is 0.333. The van der Waals surface area contributed by atoms with E-state index >= 15 is 0 Å². The van der Waals surface area contributed by atoms with Gasteiger partial charge in [-0.1, -0.05) is 73.2 Å². The number of aliphatic hydroxyl groups is 4. The van der Waals surface area contributed by atoms with Crippen LogP contribution < -0.4 is 0 Å². The number of aliphatic hydroxyl groups excluding tert-OH is 4. The van der Waals surface area contributed by atoms with Crippen LogP contribution in [0.25, 0.3) is 0 Å². The molecule has 4 heteroatoms. The molecule has 0 saturated heterocycles. The monoisotopic (exact) mass is 422 g/mol. The zero-order valence-corrected chi connectivity index (χ0v) is 17.8. The average Bonchev–Trinajstić information content (AvgIpc) is 2.76. The van der Waals surface area contributed by atoms with E-state index in [0.717, 1.165) is 50.1 Å². The molecule has 31 heavy (non-hydrogen) atoms. The zero-order valence-electron chi connectivity index (χ0n) is 17.8. The fourth-order valence-electron chi connectivity index (χ4n) is 4.23. The van der Waals surface area contributed by atoms with Crippen molar-refractivity contribution in [3.05, 3.63) is 105 Å². The molecule has 0 bridgehead atoms. The molecule has 3 aromatic rings. The minimum Gasteiger partial charge on any atom is -0.392 e. The molecule has 3 aromatic carbocycles. The van der Waals surface area contributed by atoms with Crippen LogP contribution in [0.15, 0.2) is 54.6 Å². The van der Waals surface area contributed by atoms with E-state index < -0.39 is 5.41 Å². The predicted octanol–water partition coefficient (Wildman–Crippen LogP) is 4.26. The molecule has 4 nitrogen and oxygen atoms in total. The Morgan fingerprint density at radius 2 is 0.806 bits per heavy atom. The topological polar surface area (TPSA) is 80.9 Å². The zero-order chi connectivity index (χ0) is 21.9. The van der Waals surface area contributed by atoms with E-state index in [2.05, 4.69) is 39.0 Å². The molecule has 4 N–H and O–H groups in total. The molecule has 0 saturated carbocycles. The molecule has 0 amide bonds. The molecule has 0 aliphatic heterocycles. The molecule has 0 aliphatic carbocycles.